The number of ether oxygens (including phenoxy) is 1. The van der Waals surface area contributed by atoms with E-state index in [-0.39, 0.29) is 6.54 Å². The molecule has 0 aliphatic rings. The number of anilines is 2. The zero-order valence-electron chi connectivity index (χ0n) is 15.3. The zero-order chi connectivity index (χ0) is 19.7. The monoisotopic (exact) mass is 397 g/mol. The molecular weight excluding hydrogens is 380 g/mol. The molecule has 0 aliphatic heterocycles. The van der Waals surface area contributed by atoms with Gasteiger partial charge in [-0.3, -0.25) is 0 Å². The lowest BCUT2D eigenvalue weighted by molar-refractivity contribution is 0.415. The molecule has 0 fully saturated rings. The molecule has 0 spiro atoms. The van der Waals surface area contributed by atoms with Crippen LogP contribution >= 0.6 is 11.3 Å². The van der Waals surface area contributed by atoms with Crippen LogP contribution in [-0.2, 0) is 6.54 Å². The quantitative estimate of drug-likeness (QED) is 0.438. The number of aromatic nitrogens is 2. The summed E-state index contributed by atoms with van der Waals surface area (Å²) in [6.07, 6.45) is 1.75. The molecule has 28 heavy (non-hydrogen) atoms. The largest absolute Gasteiger partial charge is 0.497 e. The van der Waals surface area contributed by atoms with Crippen molar-refractivity contribution in [2.24, 2.45) is 0 Å². The fraction of sp³-hybridized carbons (Fsp3) is 0.143. The second-order valence-corrected chi connectivity index (χ2v) is 7.30. The van der Waals surface area contributed by atoms with E-state index in [1.807, 2.05) is 42.2 Å². The summed E-state index contributed by atoms with van der Waals surface area (Å²) in [5.74, 6) is -0.534. The van der Waals surface area contributed by atoms with Crippen molar-refractivity contribution in [3.05, 3.63) is 77.5 Å². The first-order valence-electron chi connectivity index (χ1n) is 8.62. The van der Waals surface area contributed by atoms with Gasteiger partial charge in [0.05, 0.1) is 13.7 Å². The summed E-state index contributed by atoms with van der Waals surface area (Å²) < 4.78 is 32.8. The van der Waals surface area contributed by atoms with Crippen molar-refractivity contribution in [3.63, 3.8) is 0 Å². The first-order valence-corrected chi connectivity index (χ1v) is 9.44. The van der Waals surface area contributed by atoms with Crippen LogP contribution in [0.15, 0.2) is 54.7 Å². The van der Waals surface area contributed by atoms with E-state index in [2.05, 4.69) is 4.98 Å². The summed E-state index contributed by atoms with van der Waals surface area (Å²) in [4.78, 5) is 11.9. The molecule has 0 saturated heterocycles. The summed E-state index contributed by atoms with van der Waals surface area (Å²) >= 11 is 1.43. The molecule has 0 radical (unpaired) electrons. The maximum Gasteiger partial charge on any atom is 0.192 e. The summed E-state index contributed by atoms with van der Waals surface area (Å²) in [7, 11) is 1.59. The van der Waals surface area contributed by atoms with Crippen LogP contribution in [0, 0.1) is 18.6 Å². The number of nitrogens with zero attached hydrogens (tertiary/aromatic N) is 3. The van der Waals surface area contributed by atoms with Gasteiger partial charge in [0.15, 0.2) is 5.13 Å². The van der Waals surface area contributed by atoms with E-state index in [9.17, 15) is 8.78 Å². The molecule has 2 aromatic heterocycles. The minimum Gasteiger partial charge on any atom is -0.497 e. The Labute approximate surface area is 165 Å². The van der Waals surface area contributed by atoms with E-state index in [1.165, 1.54) is 23.5 Å². The number of methoxy groups -OCH3 is 1. The van der Waals surface area contributed by atoms with Gasteiger partial charge in [-0.2, -0.15) is 0 Å². The first kappa shape index (κ1) is 18.3. The molecule has 0 amide bonds. The standard InChI is InChI=1S/C21H17F2N3OS/c1-13-6-7-24-20-19(13)25-21(28-20)26(17-4-3-5-18(11-17)27-2)12-14-8-15(22)10-16(23)9-14/h3-11H,12H2,1-2H3. The van der Waals surface area contributed by atoms with E-state index < -0.39 is 11.6 Å². The highest BCUT2D eigenvalue weighted by Crippen LogP contribution is 2.36. The van der Waals surface area contributed by atoms with E-state index in [4.69, 9.17) is 9.72 Å². The van der Waals surface area contributed by atoms with E-state index >= 15 is 0 Å². The highest BCUT2D eigenvalue weighted by atomic mass is 32.1. The Morgan fingerprint density at radius 1 is 1.07 bits per heavy atom. The molecule has 142 valence electrons. The average molecular weight is 397 g/mol. The third-order valence-electron chi connectivity index (χ3n) is 4.35. The molecule has 4 aromatic rings. The van der Waals surface area contributed by atoms with Gasteiger partial charge in [0.1, 0.15) is 27.7 Å². The Hall–Kier alpha value is -3.06. The van der Waals surface area contributed by atoms with E-state index in [1.54, 1.807) is 13.3 Å². The van der Waals surface area contributed by atoms with Gasteiger partial charge < -0.3 is 9.64 Å². The third-order valence-corrected chi connectivity index (χ3v) is 5.33. The first-order chi connectivity index (χ1) is 13.5. The van der Waals surface area contributed by atoms with Gasteiger partial charge in [-0.1, -0.05) is 17.4 Å². The fourth-order valence-electron chi connectivity index (χ4n) is 2.99. The van der Waals surface area contributed by atoms with Gasteiger partial charge in [0.2, 0.25) is 0 Å². The molecular formula is C21H17F2N3OS. The number of halogens is 2. The van der Waals surface area contributed by atoms with Crippen LogP contribution in [0.1, 0.15) is 11.1 Å². The molecule has 7 heteroatoms. The number of hydrogen-bond donors (Lipinski definition) is 0. The van der Waals surface area contributed by atoms with Crippen LogP contribution in [0.4, 0.5) is 19.6 Å². The Morgan fingerprint density at radius 3 is 2.57 bits per heavy atom. The van der Waals surface area contributed by atoms with Crippen molar-refractivity contribution < 1.29 is 13.5 Å². The van der Waals surface area contributed by atoms with Gasteiger partial charge in [-0.15, -0.1) is 0 Å². The SMILES string of the molecule is COc1cccc(N(Cc2cc(F)cc(F)c2)c2nc3c(C)ccnc3s2)c1. The van der Waals surface area contributed by atoms with Gasteiger partial charge in [-0.25, -0.2) is 18.7 Å². The fourth-order valence-corrected chi connectivity index (χ4v) is 4.00. The van der Waals surface area contributed by atoms with Gasteiger partial charge in [0, 0.05) is 24.0 Å². The van der Waals surface area contributed by atoms with E-state index in [0.717, 1.165) is 27.7 Å². The maximum absolute atomic E-state index is 13.7. The van der Waals surface area contributed by atoms with Gasteiger partial charge in [0.25, 0.3) is 0 Å². The summed E-state index contributed by atoms with van der Waals surface area (Å²) in [5, 5.41) is 0.690. The number of pyridine rings is 1. The topological polar surface area (TPSA) is 38.2 Å². The zero-order valence-corrected chi connectivity index (χ0v) is 16.1. The molecule has 0 bridgehead atoms. The molecule has 0 atom stereocenters. The minimum atomic E-state index is -0.609. The number of fused-ring (bicyclic) bond motifs is 1. The van der Waals surface area contributed by atoms with Crippen molar-refractivity contribution in [3.8, 4) is 5.75 Å². The predicted molar refractivity (Wildman–Crippen MR) is 107 cm³/mol. The minimum absolute atomic E-state index is 0.251. The summed E-state index contributed by atoms with van der Waals surface area (Å²) in [6.45, 7) is 2.23. The van der Waals surface area contributed by atoms with Crippen molar-refractivity contribution >= 4 is 32.5 Å². The van der Waals surface area contributed by atoms with Crippen LogP contribution in [0.5, 0.6) is 5.75 Å². The number of rotatable bonds is 5. The van der Waals surface area contributed by atoms with Crippen LogP contribution in [0.2, 0.25) is 0 Å². The lowest BCUT2D eigenvalue weighted by atomic mass is 10.2. The van der Waals surface area contributed by atoms with Crippen LogP contribution in [0.3, 0.4) is 0 Å². The molecule has 0 saturated carbocycles. The molecule has 2 heterocycles. The highest BCUT2D eigenvalue weighted by Gasteiger charge is 2.18. The molecule has 4 rings (SSSR count). The highest BCUT2D eigenvalue weighted by molar-refractivity contribution is 7.21. The Balaban J connectivity index is 1.83. The van der Waals surface area contributed by atoms with Crippen molar-refractivity contribution in [2.75, 3.05) is 12.0 Å². The van der Waals surface area contributed by atoms with Crippen LogP contribution in [0.25, 0.3) is 10.3 Å². The number of aryl methyl sites for hydroxylation is 1. The third kappa shape index (κ3) is 3.66. The summed E-state index contributed by atoms with van der Waals surface area (Å²) in [6, 6.07) is 12.9. The smallest absolute Gasteiger partial charge is 0.192 e. The Bertz CT molecular complexity index is 1130. The number of hydrogen-bond acceptors (Lipinski definition) is 5. The predicted octanol–water partition coefficient (Wildman–Crippen LogP) is 5.62. The van der Waals surface area contributed by atoms with Gasteiger partial charge in [-0.05, 0) is 48.4 Å². The second-order valence-electron chi connectivity index (χ2n) is 6.34. The number of benzene rings is 2. The lowest BCUT2D eigenvalue weighted by Gasteiger charge is -2.22. The molecule has 4 nitrogen and oxygen atoms in total. The number of thiazole rings is 1. The summed E-state index contributed by atoms with van der Waals surface area (Å²) in [5.41, 5.74) is 3.15. The van der Waals surface area contributed by atoms with Crippen molar-refractivity contribution in [2.45, 2.75) is 13.5 Å². The lowest BCUT2D eigenvalue weighted by Crippen LogP contribution is -2.16. The van der Waals surface area contributed by atoms with Crippen LogP contribution < -0.4 is 9.64 Å². The normalized spacial score (nSPS) is 11.0. The molecule has 0 N–H and O–H groups in total. The van der Waals surface area contributed by atoms with Crippen molar-refractivity contribution in [1.29, 1.82) is 0 Å². The Morgan fingerprint density at radius 2 is 1.86 bits per heavy atom. The van der Waals surface area contributed by atoms with E-state index in [0.29, 0.717) is 16.4 Å². The average Bonchev–Trinajstić information content (AvgIpc) is 3.11. The van der Waals surface area contributed by atoms with Crippen molar-refractivity contribution in [1.82, 2.24) is 9.97 Å². The molecule has 0 unspecified atom stereocenters. The van der Waals surface area contributed by atoms with Gasteiger partial charge >= 0.3 is 0 Å². The van der Waals surface area contributed by atoms with Crippen LogP contribution in [-0.4, -0.2) is 17.1 Å². The Kier molecular flexibility index (Phi) is 4.92. The molecule has 0 aliphatic carbocycles. The maximum atomic E-state index is 13.7. The second kappa shape index (κ2) is 7.52. The molecule has 2 aromatic carbocycles.